The van der Waals surface area contributed by atoms with Gasteiger partial charge in [-0.2, -0.15) is 0 Å². The van der Waals surface area contributed by atoms with Gasteiger partial charge in [0, 0.05) is 29.4 Å². The molecule has 4 nitrogen and oxygen atoms in total. The van der Waals surface area contributed by atoms with Crippen LogP contribution < -0.4 is 10.2 Å². The molecule has 0 unspecified atom stereocenters. The van der Waals surface area contributed by atoms with Crippen molar-refractivity contribution in [1.82, 2.24) is 0 Å². The second-order valence-electron chi connectivity index (χ2n) is 5.69. The normalized spacial score (nSPS) is 17.4. The van der Waals surface area contributed by atoms with E-state index in [9.17, 15) is 9.59 Å². The molecule has 2 aromatic carbocycles. The Hall–Kier alpha value is -2.33. The van der Waals surface area contributed by atoms with E-state index in [2.05, 4.69) is 5.32 Å². The molecule has 1 atom stereocenters. The fourth-order valence-electron chi connectivity index (χ4n) is 2.79. The summed E-state index contributed by atoms with van der Waals surface area (Å²) >= 11 is 5.92. The lowest BCUT2D eigenvalue weighted by atomic mass is 10.1. The Labute approximate surface area is 140 Å². The minimum Gasteiger partial charge on any atom is -0.326 e. The Balaban J connectivity index is 1.72. The van der Waals surface area contributed by atoms with E-state index in [0.717, 1.165) is 11.3 Å². The van der Waals surface area contributed by atoms with Crippen molar-refractivity contribution >= 4 is 34.8 Å². The molecule has 0 aliphatic carbocycles. The molecular weight excluding hydrogens is 312 g/mol. The first kappa shape index (κ1) is 15.6. The number of rotatable bonds is 3. The quantitative estimate of drug-likeness (QED) is 0.935. The molecule has 1 aliphatic rings. The van der Waals surface area contributed by atoms with Crippen LogP contribution in [0.3, 0.4) is 0 Å². The summed E-state index contributed by atoms with van der Waals surface area (Å²) in [4.78, 5) is 26.4. The lowest BCUT2D eigenvalue weighted by Gasteiger charge is -2.19. The smallest absolute Gasteiger partial charge is 0.229 e. The number of benzene rings is 2. The van der Waals surface area contributed by atoms with E-state index in [4.69, 9.17) is 11.6 Å². The fraction of sp³-hybridized carbons (Fsp3) is 0.222. The van der Waals surface area contributed by atoms with Crippen molar-refractivity contribution in [2.45, 2.75) is 13.3 Å². The lowest BCUT2D eigenvalue weighted by Crippen LogP contribution is -2.28. The number of anilines is 2. The Bertz CT molecular complexity index is 760. The molecule has 1 N–H and O–H groups in total. The molecule has 0 aromatic heterocycles. The minimum absolute atomic E-state index is 0.0226. The minimum atomic E-state index is -0.360. The van der Waals surface area contributed by atoms with Gasteiger partial charge in [-0.15, -0.1) is 0 Å². The first-order chi connectivity index (χ1) is 11.0. The van der Waals surface area contributed by atoms with Crippen LogP contribution in [0, 0.1) is 12.8 Å². The monoisotopic (exact) mass is 328 g/mol. The summed E-state index contributed by atoms with van der Waals surface area (Å²) in [6.45, 7) is 2.36. The molecule has 2 amide bonds. The fourth-order valence-corrected chi connectivity index (χ4v) is 2.98. The van der Waals surface area contributed by atoms with Gasteiger partial charge in [0.15, 0.2) is 0 Å². The number of carbonyl (C=O) groups is 2. The first-order valence-electron chi connectivity index (χ1n) is 7.47. The first-order valence-corrected chi connectivity index (χ1v) is 7.85. The summed E-state index contributed by atoms with van der Waals surface area (Å²) in [5.41, 5.74) is 2.54. The van der Waals surface area contributed by atoms with E-state index in [1.54, 1.807) is 29.2 Å². The van der Waals surface area contributed by atoms with Crippen molar-refractivity contribution in [2.24, 2.45) is 5.92 Å². The van der Waals surface area contributed by atoms with Crippen LogP contribution in [0.2, 0.25) is 5.02 Å². The van der Waals surface area contributed by atoms with Crippen molar-refractivity contribution in [1.29, 1.82) is 0 Å². The van der Waals surface area contributed by atoms with Crippen molar-refractivity contribution in [3.63, 3.8) is 0 Å². The van der Waals surface area contributed by atoms with Gasteiger partial charge in [0.1, 0.15) is 0 Å². The summed E-state index contributed by atoms with van der Waals surface area (Å²) in [6.07, 6.45) is 0.223. The van der Waals surface area contributed by atoms with Crippen molar-refractivity contribution < 1.29 is 9.59 Å². The van der Waals surface area contributed by atoms with E-state index < -0.39 is 0 Å². The van der Waals surface area contributed by atoms with Gasteiger partial charge in [-0.05, 0) is 36.8 Å². The molecule has 0 saturated carbocycles. The second-order valence-corrected chi connectivity index (χ2v) is 6.13. The predicted molar refractivity (Wildman–Crippen MR) is 91.7 cm³/mol. The van der Waals surface area contributed by atoms with Crippen molar-refractivity contribution in [3.05, 3.63) is 59.1 Å². The highest BCUT2D eigenvalue weighted by molar-refractivity contribution is 6.30. The molecule has 0 radical (unpaired) electrons. The van der Waals surface area contributed by atoms with E-state index in [1.165, 1.54) is 0 Å². The standard InChI is InChI=1S/C18H17ClN2O2/c1-12-5-2-3-8-16(12)21-11-13(9-17(21)22)18(23)20-15-7-4-6-14(19)10-15/h2-8,10,13H,9,11H2,1H3,(H,20,23)/t13-/m1/s1. The predicted octanol–water partition coefficient (Wildman–Crippen LogP) is 3.64. The number of carbonyl (C=O) groups excluding carboxylic acids is 2. The average Bonchev–Trinajstić information content (AvgIpc) is 2.90. The molecule has 2 aromatic rings. The highest BCUT2D eigenvalue weighted by atomic mass is 35.5. The summed E-state index contributed by atoms with van der Waals surface area (Å²) in [5, 5.41) is 3.39. The SMILES string of the molecule is Cc1ccccc1N1C[C@H](C(=O)Nc2cccc(Cl)c2)CC1=O. The molecule has 0 spiro atoms. The Morgan fingerprint density at radius 1 is 1.22 bits per heavy atom. The summed E-state index contributed by atoms with van der Waals surface area (Å²) in [6, 6.07) is 14.7. The zero-order valence-electron chi connectivity index (χ0n) is 12.8. The molecule has 1 heterocycles. The number of halogens is 1. The topological polar surface area (TPSA) is 49.4 Å². The van der Waals surface area contributed by atoms with Gasteiger partial charge < -0.3 is 10.2 Å². The number of nitrogens with zero attached hydrogens (tertiary/aromatic N) is 1. The number of hydrogen-bond acceptors (Lipinski definition) is 2. The second kappa shape index (κ2) is 6.42. The maximum atomic E-state index is 12.4. The van der Waals surface area contributed by atoms with Gasteiger partial charge in [0.25, 0.3) is 0 Å². The van der Waals surface area contributed by atoms with Crippen LogP contribution >= 0.6 is 11.6 Å². The van der Waals surface area contributed by atoms with E-state index in [-0.39, 0.29) is 24.2 Å². The number of para-hydroxylation sites is 1. The molecule has 118 valence electrons. The molecule has 1 fully saturated rings. The number of amides is 2. The van der Waals surface area contributed by atoms with Crippen molar-refractivity contribution in [3.8, 4) is 0 Å². The molecule has 5 heteroatoms. The maximum absolute atomic E-state index is 12.4. The van der Waals surface area contributed by atoms with E-state index >= 15 is 0 Å². The van der Waals surface area contributed by atoms with E-state index in [0.29, 0.717) is 17.3 Å². The van der Waals surface area contributed by atoms with Gasteiger partial charge in [-0.3, -0.25) is 9.59 Å². The van der Waals surface area contributed by atoms with Gasteiger partial charge in [0.2, 0.25) is 11.8 Å². The van der Waals surface area contributed by atoms with Gasteiger partial charge in [-0.25, -0.2) is 0 Å². The van der Waals surface area contributed by atoms with Gasteiger partial charge >= 0.3 is 0 Å². The van der Waals surface area contributed by atoms with Crippen LogP contribution in [0.5, 0.6) is 0 Å². The Kier molecular flexibility index (Phi) is 4.35. The maximum Gasteiger partial charge on any atom is 0.229 e. The van der Waals surface area contributed by atoms with E-state index in [1.807, 2.05) is 31.2 Å². The van der Waals surface area contributed by atoms with Crippen LogP contribution in [0.25, 0.3) is 0 Å². The molecule has 23 heavy (non-hydrogen) atoms. The number of nitrogens with one attached hydrogen (secondary N) is 1. The van der Waals surface area contributed by atoms with Gasteiger partial charge in [0.05, 0.1) is 5.92 Å². The zero-order valence-corrected chi connectivity index (χ0v) is 13.5. The number of hydrogen-bond donors (Lipinski definition) is 1. The Morgan fingerprint density at radius 3 is 2.74 bits per heavy atom. The third-order valence-electron chi connectivity index (χ3n) is 3.99. The highest BCUT2D eigenvalue weighted by Crippen LogP contribution is 2.28. The zero-order chi connectivity index (χ0) is 16.4. The molecular formula is C18H17ClN2O2. The molecule has 0 bridgehead atoms. The molecule has 1 aliphatic heterocycles. The molecule has 1 saturated heterocycles. The van der Waals surface area contributed by atoms with Gasteiger partial charge in [-0.1, -0.05) is 35.9 Å². The van der Waals surface area contributed by atoms with Crippen LogP contribution in [0.4, 0.5) is 11.4 Å². The average molecular weight is 329 g/mol. The summed E-state index contributed by atoms with van der Waals surface area (Å²) < 4.78 is 0. The van der Waals surface area contributed by atoms with Crippen LogP contribution in [0.1, 0.15) is 12.0 Å². The third-order valence-corrected chi connectivity index (χ3v) is 4.23. The lowest BCUT2D eigenvalue weighted by molar-refractivity contribution is -0.122. The summed E-state index contributed by atoms with van der Waals surface area (Å²) in [5.74, 6) is -0.539. The largest absolute Gasteiger partial charge is 0.326 e. The van der Waals surface area contributed by atoms with Crippen LogP contribution in [-0.2, 0) is 9.59 Å². The summed E-state index contributed by atoms with van der Waals surface area (Å²) in [7, 11) is 0. The molecule has 3 rings (SSSR count). The number of aryl methyl sites for hydroxylation is 1. The third kappa shape index (κ3) is 3.37. The van der Waals surface area contributed by atoms with Crippen LogP contribution in [-0.4, -0.2) is 18.4 Å². The van der Waals surface area contributed by atoms with Crippen LogP contribution in [0.15, 0.2) is 48.5 Å². The Morgan fingerprint density at radius 2 is 2.00 bits per heavy atom. The highest BCUT2D eigenvalue weighted by Gasteiger charge is 2.35. The van der Waals surface area contributed by atoms with Crippen molar-refractivity contribution in [2.75, 3.05) is 16.8 Å².